The van der Waals surface area contributed by atoms with Crippen LogP contribution in [0, 0.1) is 0 Å². The molecule has 1 aromatic rings. The zero-order valence-electron chi connectivity index (χ0n) is 9.61. The summed E-state index contributed by atoms with van der Waals surface area (Å²) in [7, 11) is 0. The zero-order valence-corrected chi connectivity index (χ0v) is 10.4. The van der Waals surface area contributed by atoms with E-state index in [-0.39, 0.29) is 11.8 Å². The number of hydrogen-bond donors (Lipinski definition) is 1. The number of benzene rings is 1. The zero-order chi connectivity index (χ0) is 12.6. The summed E-state index contributed by atoms with van der Waals surface area (Å²) in [5.74, 6) is -0.258. The lowest BCUT2D eigenvalue weighted by Gasteiger charge is -2.36. The number of piperazine rings is 1. The van der Waals surface area contributed by atoms with Crippen LogP contribution in [0.5, 0.6) is 0 Å². The molecule has 0 radical (unpaired) electrons. The Balaban J connectivity index is 2.37. The Morgan fingerprint density at radius 2 is 1.76 bits per heavy atom. The maximum atomic E-state index is 12.0. The van der Waals surface area contributed by atoms with Crippen LogP contribution in [0.4, 0.5) is 5.69 Å². The van der Waals surface area contributed by atoms with Gasteiger partial charge in [0.25, 0.3) is 0 Å². The fourth-order valence-electron chi connectivity index (χ4n) is 1.87. The number of nitrogens with zero attached hydrogens (tertiary/aromatic N) is 1. The van der Waals surface area contributed by atoms with E-state index in [1.165, 1.54) is 4.90 Å². The second-order valence-electron chi connectivity index (χ2n) is 4.09. The molecule has 1 aliphatic rings. The third kappa shape index (κ3) is 2.13. The highest BCUT2D eigenvalue weighted by molar-refractivity contribution is 6.30. The van der Waals surface area contributed by atoms with Gasteiger partial charge in [-0.25, -0.2) is 0 Å². The molecule has 2 unspecified atom stereocenters. The molecular weight excluding hydrogens is 240 g/mol. The van der Waals surface area contributed by atoms with Crippen molar-refractivity contribution in [2.75, 3.05) is 4.90 Å². The van der Waals surface area contributed by atoms with E-state index in [0.717, 1.165) is 0 Å². The van der Waals surface area contributed by atoms with E-state index in [4.69, 9.17) is 11.6 Å². The third-order valence-corrected chi connectivity index (χ3v) is 3.09. The van der Waals surface area contributed by atoms with Crippen molar-refractivity contribution in [1.29, 1.82) is 0 Å². The van der Waals surface area contributed by atoms with Crippen LogP contribution in [0.1, 0.15) is 13.8 Å². The molecule has 0 spiro atoms. The molecule has 1 aromatic carbocycles. The second-order valence-corrected chi connectivity index (χ2v) is 4.53. The van der Waals surface area contributed by atoms with Crippen molar-refractivity contribution in [2.24, 2.45) is 0 Å². The molecule has 17 heavy (non-hydrogen) atoms. The predicted octanol–water partition coefficient (Wildman–Crippen LogP) is 1.58. The van der Waals surface area contributed by atoms with Crippen LogP contribution in [-0.4, -0.2) is 23.9 Å². The van der Waals surface area contributed by atoms with Gasteiger partial charge in [-0.15, -0.1) is 0 Å². The number of halogens is 1. The highest BCUT2D eigenvalue weighted by atomic mass is 35.5. The molecule has 0 aliphatic carbocycles. The Labute approximate surface area is 105 Å². The number of amides is 2. The number of rotatable bonds is 1. The lowest BCUT2D eigenvalue weighted by Crippen LogP contribution is -2.61. The van der Waals surface area contributed by atoms with Crippen molar-refractivity contribution in [3.8, 4) is 0 Å². The van der Waals surface area contributed by atoms with Gasteiger partial charge in [-0.1, -0.05) is 11.6 Å². The summed E-state index contributed by atoms with van der Waals surface area (Å²) in [6.07, 6.45) is 0. The van der Waals surface area contributed by atoms with Crippen LogP contribution in [-0.2, 0) is 9.59 Å². The molecule has 1 saturated heterocycles. The normalized spacial score (nSPS) is 24.8. The standard InChI is InChI=1S/C12H13ClN2O2/c1-7-12(17)15(8(2)11(16)14-7)10-5-3-9(13)4-6-10/h3-8H,1-2H3,(H,14,16). The van der Waals surface area contributed by atoms with Crippen LogP contribution in [0.15, 0.2) is 24.3 Å². The maximum absolute atomic E-state index is 12.0. The molecule has 0 saturated carbocycles. The van der Waals surface area contributed by atoms with Crippen LogP contribution in [0.2, 0.25) is 5.02 Å². The van der Waals surface area contributed by atoms with Gasteiger partial charge in [0.2, 0.25) is 11.8 Å². The van der Waals surface area contributed by atoms with E-state index >= 15 is 0 Å². The number of carbonyl (C=O) groups excluding carboxylic acids is 2. The lowest BCUT2D eigenvalue weighted by molar-refractivity contribution is -0.133. The van der Waals surface area contributed by atoms with Crippen molar-refractivity contribution >= 4 is 29.1 Å². The van der Waals surface area contributed by atoms with Crippen LogP contribution >= 0.6 is 11.6 Å². The second kappa shape index (κ2) is 4.37. The minimum Gasteiger partial charge on any atom is -0.343 e. The van der Waals surface area contributed by atoms with E-state index in [1.54, 1.807) is 38.1 Å². The monoisotopic (exact) mass is 252 g/mol. The van der Waals surface area contributed by atoms with Crippen molar-refractivity contribution in [3.63, 3.8) is 0 Å². The van der Waals surface area contributed by atoms with Crippen LogP contribution in [0.3, 0.4) is 0 Å². The smallest absolute Gasteiger partial charge is 0.250 e. The van der Waals surface area contributed by atoms with Gasteiger partial charge in [0.15, 0.2) is 0 Å². The molecule has 1 fully saturated rings. The number of anilines is 1. The lowest BCUT2D eigenvalue weighted by atomic mass is 10.1. The number of carbonyl (C=O) groups is 2. The van der Waals surface area contributed by atoms with Gasteiger partial charge < -0.3 is 5.32 Å². The average Bonchev–Trinajstić information content (AvgIpc) is 2.29. The van der Waals surface area contributed by atoms with E-state index in [2.05, 4.69) is 5.32 Å². The summed E-state index contributed by atoms with van der Waals surface area (Å²) in [5.41, 5.74) is 0.689. The van der Waals surface area contributed by atoms with Crippen molar-refractivity contribution in [3.05, 3.63) is 29.3 Å². The molecule has 2 rings (SSSR count). The highest BCUT2D eigenvalue weighted by Crippen LogP contribution is 2.23. The fraction of sp³-hybridized carbons (Fsp3) is 0.333. The Bertz CT molecular complexity index is 458. The van der Waals surface area contributed by atoms with Crippen LogP contribution in [0.25, 0.3) is 0 Å². The summed E-state index contributed by atoms with van der Waals surface area (Å²) in [6.45, 7) is 3.38. The first kappa shape index (κ1) is 11.9. The SMILES string of the molecule is CC1NC(=O)C(C)N(c2ccc(Cl)cc2)C1=O. The molecule has 0 aromatic heterocycles. The van der Waals surface area contributed by atoms with Crippen LogP contribution < -0.4 is 10.2 Å². The van der Waals surface area contributed by atoms with E-state index < -0.39 is 12.1 Å². The van der Waals surface area contributed by atoms with E-state index in [1.807, 2.05) is 0 Å². The van der Waals surface area contributed by atoms with Gasteiger partial charge in [0.05, 0.1) is 0 Å². The van der Waals surface area contributed by atoms with Crippen molar-refractivity contribution in [2.45, 2.75) is 25.9 Å². The summed E-state index contributed by atoms with van der Waals surface area (Å²) >= 11 is 5.80. The molecular formula is C12H13ClN2O2. The Morgan fingerprint density at radius 3 is 2.35 bits per heavy atom. The van der Waals surface area contributed by atoms with Gasteiger partial charge in [-0.3, -0.25) is 14.5 Å². The largest absolute Gasteiger partial charge is 0.343 e. The van der Waals surface area contributed by atoms with E-state index in [9.17, 15) is 9.59 Å². The van der Waals surface area contributed by atoms with Gasteiger partial charge in [0, 0.05) is 10.7 Å². The highest BCUT2D eigenvalue weighted by Gasteiger charge is 2.36. The third-order valence-electron chi connectivity index (χ3n) is 2.84. The predicted molar refractivity (Wildman–Crippen MR) is 66.0 cm³/mol. The fourth-order valence-corrected chi connectivity index (χ4v) is 1.99. The first-order valence-corrected chi connectivity index (χ1v) is 5.77. The van der Waals surface area contributed by atoms with Gasteiger partial charge in [0.1, 0.15) is 12.1 Å². The summed E-state index contributed by atoms with van der Waals surface area (Å²) < 4.78 is 0. The first-order chi connectivity index (χ1) is 8.00. The van der Waals surface area contributed by atoms with Gasteiger partial charge in [-0.2, -0.15) is 0 Å². The van der Waals surface area contributed by atoms with Gasteiger partial charge >= 0.3 is 0 Å². The molecule has 1 aliphatic heterocycles. The Morgan fingerprint density at radius 1 is 1.18 bits per heavy atom. The average molecular weight is 253 g/mol. The van der Waals surface area contributed by atoms with Crippen molar-refractivity contribution in [1.82, 2.24) is 5.32 Å². The Kier molecular flexibility index (Phi) is 3.07. The summed E-state index contributed by atoms with van der Waals surface area (Å²) in [4.78, 5) is 25.2. The summed E-state index contributed by atoms with van der Waals surface area (Å²) in [6, 6.07) is 5.89. The molecule has 2 atom stereocenters. The number of hydrogen-bond acceptors (Lipinski definition) is 2. The molecule has 1 heterocycles. The topological polar surface area (TPSA) is 49.4 Å². The molecule has 0 bridgehead atoms. The molecule has 4 nitrogen and oxygen atoms in total. The van der Waals surface area contributed by atoms with E-state index in [0.29, 0.717) is 10.7 Å². The van der Waals surface area contributed by atoms with Gasteiger partial charge in [-0.05, 0) is 38.1 Å². The quantitative estimate of drug-likeness (QED) is 0.825. The molecule has 5 heteroatoms. The summed E-state index contributed by atoms with van der Waals surface area (Å²) in [5, 5.41) is 3.23. The molecule has 90 valence electrons. The Hall–Kier alpha value is -1.55. The molecule has 2 amide bonds. The maximum Gasteiger partial charge on any atom is 0.250 e. The molecule has 1 N–H and O–H groups in total. The number of nitrogens with one attached hydrogen (secondary N) is 1. The first-order valence-electron chi connectivity index (χ1n) is 5.39. The van der Waals surface area contributed by atoms with Crippen molar-refractivity contribution < 1.29 is 9.59 Å². The minimum atomic E-state index is -0.500. The minimum absolute atomic E-state index is 0.112.